The topological polar surface area (TPSA) is 12.9 Å². The van der Waals surface area contributed by atoms with Crippen molar-refractivity contribution >= 4 is 32.4 Å². The van der Waals surface area contributed by atoms with Crippen LogP contribution in [0.3, 0.4) is 0 Å². The highest BCUT2D eigenvalue weighted by Crippen LogP contribution is 2.43. The van der Waals surface area contributed by atoms with Crippen molar-refractivity contribution in [1.82, 2.24) is 4.98 Å². The van der Waals surface area contributed by atoms with E-state index in [9.17, 15) is 0 Å². The zero-order chi connectivity index (χ0) is 21.7. The van der Waals surface area contributed by atoms with Crippen molar-refractivity contribution in [1.29, 1.82) is 0 Å². The predicted octanol–water partition coefficient (Wildman–Crippen LogP) is 8.49. The molecule has 0 aliphatic rings. The number of rotatable bonds is 2. The van der Waals surface area contributed by atoms with Crippen LogP contribution in [0.4, 0.5) is 0 Å². The van der Waals surface area contributed by atoms with Crippen molar-refractivity contribution in [3.8, 4) is 22.3 Å². The Morgan fingerprint density at radius 2 is 1.16 bits per heavy atom. The van der Waals surface area contributed by atoms with Gasteiger partial charge in [-0.3, -0.25) is 4.98 Å². The molecule has 152 valence electrons. The van der Waals surface area contributed by atoms with Crippen molar-refractivity contribution < 1.29 is 0 Å². The maximum Gasteiger partial charge on any atom is 0.0792 e. The molecular weight excluding hydrogens is 386 g/mol. The Kier molecular flexibility index (Phi) is 4.29. The van der Waals surface area contributed by atoms with Gasteiger partial charge in [-0.05, 0) is 75.3 Å². The third-order valence-electron chi connectivity index (χ3n) is 6.61. The van der Waals surface area contributed by atoms with Gasteiger partial charge in [0.15, 0.2) is 0 Å². The lowest BCUT2D eigenvalue weighted by Crippen LogP contribution is -1.93. The lowest BCUT2D eigenvalue weighted by molar-refractivity contribution is 1.34. The van der Waals surface area contributed by atoms with Gasteiger partial charge < -0.3 is 0 Å². The molecule has 6 aromatic rings. The molecule has 0 aliphatic heterocycles. The van der Waals surface area contributed by atoms with E-state index in [0.29, 0.717) is 0 Å². The first-order valence-electron chi connectivity index (χ1n) is 11.1. The first kappa shape index (κ1) is 18.8. The Balaban J connectivity index is 1.76. The van der Waals surface area contributed by atoms with Crippen molar-refractivity contribution in [2.45, 2.75) is 13.8 Å². The van der Waals surface area contributed by atoms with Crippen LogP contribution >= 0.6 is 0 Å². The van der Waals surface area contributed by atoms with E-state index >= 15 is 0 Å². The molecule has 1 nitrogen and oxygen atoms in total. The maximum atomic E-state index is 4.91. The molecule has 0 saturated heterocycles. The van der Waals surface area contributed by atoms with E-state index in [1.807, 2.05) is 12.3 Å². The molecule has 0 fully saturated rings. The number of hydrogen-bond acceptors (Lipinski definition) is 1. The molecule has 5 aromatic carbocycles. The number of benzene rings is 5. The van der Waals surface area contributed by atoms with Gasteiger partial charge in [0.05, 0.1) is 5.52 Å². The minimum absolute atomic E-state index is 1.05. The van der Waals surface area contributed by atoms with E-state index in [1.54, 1.807) is 0 Å². The zero-order valence-electron chi connectivity index (χ0n) is 18.3. The van der Waals surface area contributed by atoms with Gasteiger partial charge in [-0.15, -0.1) is 0 Å². The summed E-state index contributed by atoms with van der Waals surface area (Å²) in [6, 6.07) is 35.0. The standard InChI is InChI=1S/C31H23N/c1-20-13-14-24(18-21(20)2)29-26-10-5-6-11-27(26)30(31-28(29)12-7-17-32-31)25-16-15-22-8-3-4-9-23(22)19-25/h3-19H,1-2H3. The van der Waals surface area contributed by atoms with Crippen LogP contribution < -0.4 is 0 Å². The fraction of sp³-hybridized carbons (Fsp3) is 0.0645. The highest BCUT2D eigenvalue weighted by atomic mass is 14.7. The molecule has 0 amide bonds. The van der Waals surface area contributed by atoms with Crippen LogP contribution in [-0.2, 0) is 0 Å². The van der Waals surface area contributed by atoms with E-state index in [0.717, 1.165) is 5.52 Å². The molecule has 0 radical (unpaired) electrons. The molecule has 0 unspecified atom stereocenters. The monoisotopic (exact) mass is 409 g/mol. The summed E-state index contributed by atoms with van der Waals surface area (Å²) in [4.78, 5) is 4.91. The Morgan fingerprint density at radius 1 is 0.500 bits per heavy atom. The molecule has 0 N–H and O–H groups in total. The van der Waals surface area contributed by atoms with Gasteiger partial charge in [0.25, 0.3) is 0 Å². The van der Waals surface area contributed by atoms with Gasteiger partial charge in [0.2, 0.25) is 0 Å². The van der Waals surface area contributed by atoms with Crippen LogP contribution in [0.15, 0.2) is 103 Å². The molecule has 1 heterocycles. The Labute approximate surface area is 188 Å². The number of hydrogen-bond donors (Lipinski definition) is 0. The highest BCUT2D eigenvalue weighted by molar-refractivity contribution is 6.20. The van der Waals surface area contributed by atoms with Crippen LogP contribution in [0.2, 0.25) is 0 Å². The average Bonchev–Trinajstić information content (AvgIpc) is 2.84. The van der Waals surface area contributed by atoms with Gasteiger partial charge in [0, 0.05) is 17.1 Å². The Hall–Kier alpha value is -3.97. The molecule has 32 heavy (non-hydrogen) atoms. The smallest absolute Gasteiger partial charge is 0.0792 e. The summed E-state index contributed by atoms with van der Waals surface area (Å²) in [5.41, 5.74) is 8.58. The second-order valence-corrected chi connectivity index (χ2v) is 8.56. The second kappa shape index (κ2) is 7.32. The van der Waals surface area contributed by atoms with Crippen LogP contribution in [0.5, 0.6) is 0 Å². The number of fused-ring (bicyclic) bond motifs is 3. The van der Waals surface area contributed by atoms with E-state index in [1.165, 1.54) is 60.3 Å². The quantitative estimate of drug-likeness (QED) is 0.261. The van der Waals surface area contributed by atoms with E-state index in [-0.39, 0.29) is 0 Å². The average molecular weight is 410 g/mol. The molecule has 1 heteroatoms. The van der Waals surface area contributed by atoms with Crippen LogP contribution in [0, 0.1) is 13.8 Å². The molecule has 1 aromatic heterocycles. The summed E-state index contributed by atoms with van der Waals surface area (Å²) in [5.74, 6) is 0. The molecule has 0 atom stereocenters. The summed E-state index contributed by atoms with van der Waals surface area (Å²) in [5, 5.41) is 6.19. The number of aromatic nitrogens is 1. The van der Waals surface area contributed by atoms with Gasteiger partial charge in [0.1, 0.15) is 0 Å². The summed E-state index contributed by atoms with van der Waals surface area (Å²) >= 11 is 0. The first-order valence-corrected chi connectivity index (χ1v) is 11.1. The van der Waals surface area contributed by atoms with Crippen molar-refractivity contribution in [2.24, 2.45) is 0 Å². The molecule has 6 rings (SSSR count). The maximum absolute atomic E-state index is 4.91. The van der Waals surface area contributed by atoms with E-state index < -0.39 is 0 Å². The van der Waals surface area contributed by atoms with Gasteiger partial charge in [-0.1, -0.05) is 84.9 Å². The summed E-state index contributed by atoms with van der Waals surface area (Å²) in [6.07, 6.45) is 1.91. The van der Waals surface area contributed by atoms with E-state index in [4.69, 9.17) is 4.98 Å². The highest BCUT2D eigenvalue weighted by Gasteiger charge is 2.17. The molecule has 0 spiro atoms. The molecule has 0 saturated carbocycles. The van der Waals surface area contributed by atoms with Crippen LogP contribution in [0.25, 0.3) is 54.7 Å². The Bertz CT molecular complexity index is 1590. The molecular formula is C31H23N. The van der Waals surface area contributed by atoms with E-state index in [2.05, 4.69) is 105 Å². The van der Waals surface area contributed by atoms with Crippen molar-refractivity contribution in [3.63, 3.8) is 0 Å². The van der Waals surface area contributed by atoms with Crippen molar-refractivity contribution in [3.05, 3.63) is 114 Å². The number of nitrogens with zero attached hydrogens (tertiary/aromatic N) is 1. The predicted molar refractivity (Wildman–Crippen MR) is 137 cm³/mol. The lowest BCUT2D eigenvalue weighted by Gasteiger charge is -2.17. The van der Waals surface area contributed by atoms with Crippen LogP contribution in [-0.4, -0.2) is 4.98 Å². The normalized spacial score (nSPS) is 11.4. The molecule has 0 bridgehead atoms. The fourth-order valence-electron chi connectivity index (χ4n) is 4.84. The fourth-order valence-corrected chi connectivity index (χ4v) is 4.84. The van der Waals surface area contributed by atoms with Gasteiger partial charge in [-0.25, -0.2) is 0 Å². The second-order valence-electron chi connectivity index (χ2n) is 8.56. The van der Waals surface area contributed by atoms with Gasteiger partial charge >= 0.3 is 0 Å². The third-order valence-corrected chi connectivity index (χ3v) is 6.61. The molecule has 0 aliphatic carbocycles. The van der Waals surface area contributed by atoms with Crippen LogP contribution in [0.1, 0.15) is 11.1 Å². The minimum atomic E-state index is 1.05. The van der Waals surface area contributed by atoms with Crippen molar-refractivity contribution in [2.75, 3.05) is 0 Å². The third kappa shape index (κ3) is 2.90. The first-order chi connectivity index (χ1) is 15.7. The Morgan fingerprint density at radius 3 is 1.97 bits per heavy atom. The summed E-state index contributed by atoms with van der Waals surface area (Å²) < 4.78 is 0. The largest absolute Gasteiger partial charge is 0.256 e. The lowest BCUT2D eigenvalue weighted by atomic mass is 9.87. The zero-order valence-corrected chi connectivity index (χ0v) is 18.3. The number of aryl methyl sites for hydroxylation is 2. The van der Waals surface area contributed by atoms with Gasteiger partial charge in [-0.2, -0.15) is 0 Å². The SMILES string of the molecule is Cc1ccc(-c2c3ccccc3c(-c3ccc4ccccc4c3)c3ncccc23)cc1C. The summed E-state index contributed by atoms with van der Waals surface area (Å²) in [6.45, 7) is 4.35. The summed E-state index contributed by atoms with van der Waals surface area (Å²) in [7, 11) is 0. The minimum Gasteiger partial charge on any atom is -0.256 e. The number of pyridine rings is 1.